The van der Waals surface area contributed by atoms with E-state index in [-0.39, 0.29) is 0 Å². The van der Waals surface area contributed by atoms with Crippen LogP contribution in [0.1, 0.15) is 0 Å². The Labute approximate surface area is 104 Å². The molecule has 2 N–H and O–H groups in total. The molecule has 0 unspecified atom stereocenters. The van der Waals surface area contributed by atoms with E-state index in [0.717, 1.165) is 5.56 Å². The number of hydrogen-bond acceptors (Lipinski definition) is 6. The molecule has 0 radical (unpaired) electrons. The van der Waals surface area contributed by atoms with E-state index in [0.29, 0.717) is 30.4 Å². The Morgan fingerprint density at radius 1 is 1.33 bits per heavy atom. The highest BCUT2D eigenvalue weighted by molar-refractivity contribution is 5.73. The third-order valence-electron chi connectivity index (χ3n) is 2.53. The van der Waals surface area contributed by atoms with E-state index < -0.39 is 0 Å². The standard InChI is InChI=1S/C11H15N5O2/c1-17-7-6-16-11(13-14-15-16)8-4-3-5-9(12)10(8)18-2/h3-5H,6-7,12H2,1-2H3. The fourth-order valence-electron chi connectivity index (χ4n) is 1.68. The number of tetrazole rings is 1. The second-order valence-corrected chi connectivity index (χ2v) is 3.65. The third kappa shape index (κ3) is 2.25. The highest BCUT2D eigenvalue weighted by Crippen LogP contribution is 2.32. The Kier molecular flexibility index (Phi) is 3.73. The maximum atomic E-state index is 5.86. The van der Waals surface area contributed by atoms with Crippen LogP contribution in [-0.4, -0.2) is 41.0 Å². The molecule has 0 amide bonds. The molecule has 2 aromatic rings. The van der Waals surface area contributed by atoms with Crippen molar-refractivity contribution < 1.29 is 9.47 Å². The highest BCUT2D eigenvalue weighted by atomic mass is 16.5. The van der Waals surface area contributed by atoms with Gasteiger partial charge in [-0.25, -0.2) is 4.68 Å². The zero-order chi connectivity index (χ0) is 13.0. The average molecular weight is 249 g/mol. The van der Waals surface area contributed by atoms with Crippen molar-refractivity contribution in [3.8, 4) is 17.1 Å². The fourth-order valence-corrected chi connectivity index (χ4v) is 1.68. The summed E-state index contributed by atoms with van der Waals surface area (Å²) >= 11 is 0. The van der Waals surface area contributed by atoms with Gasteiger partial charge < -0.3 is 15.2 Å². The molecule has 0 bridgehead atoms. The third-order valence-corrected chi connectivity index (χ3v) is 2.53. The van der Waals surface area contributed by atoms with Crippen LogP contribution in [-0.2, 0) is 11.3 Å². The lowest BCUT2D eigenvalue weighted by atomic mass is 10.1. The molecule has 0 fully saturated rings. The minimum absolute atomic E-state index is 0.530. The van der Waals surface area contributed by atoms with Gasteiger partial charge in [-0.2, -0.15) is 0 Å². The zero-order valence-corrected chi connectivity index (χ0v) is 10.3. The van der Waals surface area contributed by atoms with Gasteiger partial charge in [0.2, 0.25) is 0 Å². The molecule has 7 heteroatoms. The van der Waals surface area contributed by atoms with Crippen LogP contribution in [0.4, 0.5) is 5.69 Å². The Bertz CT molecular complexity index is 526. The molecule has 2 rings (SSSR count). The summed E-state index contributed by atoms with van der Waals surface area (Å²) in [7, 11) is 3.20. The lowest BCUT2D eigenvalue weighted by Crippen LogP contribution is -2.08. The first-order valence-corrected chi connectivity index (χ1v) is 5.46. The number of methoxy groups -OCH3 is 2. The minimum atomic E-state index is 0.530. The number of ether oxygens (including phenoxy) is 2. The van der Waals surface area contributed by atoms with Gasteiger partial charge in [-0.15, -0.1) is 5.10 Å². The van der Waals surface area contributed by atoms with Crippen molar-refractivity contribution in [1.82, 2.24) is 20.2 Å². The fraction of sp³-hybridized carbons (Fsp3) is 0.364. The molecule has 1 aromatic carbocycles. The van der Waals surface area contributed by atoms with Crippen LogP contribution in [0, 0.1) is 0 Å². The molecule has 1 heterocycles. The summed E-state index contributed by atoms with van der Waals surface area (Å²) in [6.07, 6.45) is 0. The summed E-state index contributed by atoms with van der Waals surface area (Å²) in [6.45, 7) is 1.10. The van der Waals surface area contributed by atoms with Gasteiger partial charge in [0.25, 0.3) is 0 Å². The number of nitrogens with zero attached hydrogens (tertiary/aromatic N) is 4. The number of para-hydroxylation sites is 1. The van der Waals surface area contributed by atoms with E-state index >= 15 is 0 Å². The maximum absolute atomic E-state index is 5.86. The van der Waals surface area contributed by atoms with E-state index in [9.17, 15) is 0 Å². The predicted molar refractivity (Wildman–Crippen MR) is 66.1 cm³/mol. The summed E-state index contributed by atoms with van der Waals surface area (Å²) in [5, 5.41) is 11.6. The largest absolute Gasteiger partial charge is 0.494 e. The summed E-state index contributed by atoms with van der Waals surface area (Å²) in [5.74, 6) is 1.18. The van der Waals surface area contributed by atoms with Crippen LogP contribution in [0.25, 0.3) is 11.4 Å². The van der Waals surface area contributed by atoms with Crippen LogP contribution in [0.5, 0.6) is 5.75 Å². The average Bonchev–Trinajstić information content (AvgIpc) is 2.84. The molecule has 0 aliphatic carbocycles. The molecule has 0 saturated heterocycles. The first-order valence-electron chi connectivity index (χ1n) is 5.46. The molecule has 1 aromatic heterocycles. The number of aromatic nitrogens is 4. The van der Waals surface area contributed by atoms with E-state index in [2.05, 4.69) is 15.5 Å². The van der Waals surface area contributed by atoms with E-state index in [1.807, 2.05) is 12.1 Å². The lowest BCUT2D eigenvalue weighted by Gasteiger charge is -2.10. The zero-order valence-electron chi connectivity index (χ0n) is 10.3. The van der Waals surface area contributed by atoms with E-state index in [1.165, 1.54) is 0 Å². The first-order chi connectivity index (χ1) is 8.77. The lowest BCUT2D eigenvalue weighted by molar-refractivity contribution is 0.183. The van der Waals surface area contributed by atoms with Crippen LogP contribution < -0.4 is 10.5 Å². The van der Waals surface area contributed by atoms with Crippen LogP contribution >= 0.6 is 0 Å². The van der Waals surface area contributed by atoms with Crippen LogP contribution in [0.2, 0.25) is 0 Å². The Morgan fingerprint density at radius 2 is 2.17 bits per heavy atom. The molecule has 0 aliphatic heterocycles. The molecule has 0 atom stereocenters. The second-order valence-electron chi connectivity index (χ2n) is 3.65. The second kappa shape index (κ2) is 5.46. The topological polar surface area (TPSA) is 88.1 Å². The van der Waals surface area contributed by atoms with Crippen molar-refractivity contribution in [3.63, 3.8) is 0 Å². The number of hydrogen-bond donors (Lipinski definition) is 1. The number of benzene rings is 1. The van der Waals surface area contributed by atoms with Crippen molar-refractivity contribution in [2.24, 2.45) is 0 Å². The number of rotatable bonds is 5. The molecular formula is C11H15N5O2. The molecule has 0 saturated carbocycles. The van der Waals surface area contributed by atoms with Crippen molar-refractivity contribution in [2.45, 2.75) is 6.54 Å². The molecule has 18 heavy (non-hydrogen) atoms. The molecular weight excluding hydrogens is 234 g/mol. The van der Waals surface area contributed by atoms with E-state index in [4.69, 9.17) is 15.2 Å². The van der Waals surface area contributed by atoms with Crippen LogP contribution in [0.3, 0.4) is 0 Å². The Hall–Kier alpha value is -2.15. The van der Waals surface area contributed by atoms with Gasteiger partial charge in [-0.1, -0.05) is 6.07 Å². The van der Waals surface area contributed by atoms with Crippen LogP contribution in [0.15, 0.2) is 18.2 Å². The maximum Gasteiger partial charge on any atom is 0.185 e. The molecule has 0 spiro atoms. The van der Waals surface area contributed by atoms with Crippen molar-refractivity contribution >= 4 is 5.69 Å². The SMILES string of the molecule is COCCn1nnnc1-c1cccc(N)c1OC. The summed E-state index contributed by atoms with van der Waals surface area (Å²) in [4.78, 5) is 0. The van der Waals surface area contributed by atoms with Gasteiger partial charge in [0.05, 0.1) is 31.5 Å². The Morgan fingerprint density at radius 3 is 2.89 bits per heavy atom. The predicted octanol–water partition coefficient (Wildman–Crippen LogP) is 0.577. The van der Waals surface area contributed by atoms with Crippen molar-refractivity contribution in [2.75, 3.05) is 26.6 Å². The molecule has 7 nitrogen and oxygen atoms in total. The number of nitrogens with two attached hydrogens (primary N) is 1. The summed E-state index contributed by atoms with van der Waals surface area (Å²) in [6, 6.07) is 5.47. The van der Waals surface area contributed by atoms with Crippen molar-refractivity contribution in [1.29, 1.82) is 0 Å². The van der Waals surface area contributed by atoms with Gasteiger partial charge in [0.1, 0.15) is 0 Å². The van der Waals surface area contributed by atoms with E-state index in [1.54, 1.807) is 25.0 Å². The molecule has 96 valence electrons. The summed E-state index contributed by atoms with van der Waals surface area (Å²) in [5.41, 5.74) is 7.18. The quantitative estimate of drug-likeness (QED) is 0.780. The van der Waals surface area contributed by atoms with Crippen molar-refractivity contribution in [3.05, 3.63) is 18.2 Å². The molecule has 0 aliphatic rings. The monoisotopic (exact) mass is 249 g/mol. The minimum Gasteiger partial charge on any atom is -0.494 e. The Balaban J connectivity index is 2.42. The first kappa shape index (κ1) is 12.3. The summed E-state index contributed by atoms with van der Waals surface area (Å²) < 4.78 is 12.0. The number of anilines is 1. The van der Waals surface area contributed by atoms with Gasteiger partial charge in [0, 0.05) is 7.11 Å². The smallest absolute Gasteiger partial charge is 0.185 e. The highest BCUT2D eigenvalue weighted by Gasteiger charge is 2.15. The van der Waals surface area contributed by atoms with Gasteiger partial charge >= 0.3 is 0 Å². The van der Waals surface area contributed by atoms with Gasteiger partial charge in [-0.3, -0.25) is 0 Å². The van der Waals surface area contributed by atoms with Gasteiger partial charge in [0.15, 0.2) is 11.6 Å². The normalized spacial score (nSPS) is 10.6. The number of nitrogen functional groups attached to an aromatic ring is 1. The van der Waals surface area contributed by atoms with Gasteiger partial charge in [-0.05, 0) is 22.6 Å².